The number of hydrogen-bond acceptors (Lipinski definition) is 4. The van der Waals surface area contributed by atoms with E-state index in [-0.39, 0.29) is 16.3 Å². The van der Waals surface area contributed by atoms with Gasteiger partial charge in [-0.25, -0.2) is 0 Å². The normalized spacial score (nSPS) is 18.8. The Morgan fingerprint density at radius 2 is 2.25 bits per heavy atom. The summed E-state index contributed by atoms with van der Waals surface area (Å²) in [6, 6.07) is 7.77. The minimum atomic E-state index is 0.0529. The average Bonchev–Trinajstić information content (AvgIpc) is 2.78. The van der Waals surface area contributed by atoms with Crippen LogP contribution in [0.2, 0.25) is 0 Å². The number of hydrogen-bond donors (Lipinski definition) is 0. The van der Waals surface area contributed by atoms with Crippen molar-refractivity contribution in [1.82, 2.24) is 4.98 Å². The zero-order valence-corrected chi connectivity index (χ0v) is 11.9. The monoisotopic (exact) mass is 286 g/mol. The van der Waals surface area contributed by atoms with Crippen molar-refractivity contribution >= 4 is 39.2 Å². The van der Waals surface area contributed by atoms with Crippen molar-refractivity contribution in [2.45, 2.75) is 18.6 Å². The van der Waals surface area contributed by atoms with Crippen molar-refractivity contribution in [2.24, 2.45) is 0 Å². The van der Waals surface area contributed by atoms with Gasteiger partial charge in [0.2, 0.25) is 5.91 Å². The number of carbonyl (C=O) groups is 2. The number of fused-ring (bicyclic) bond motifs is 1. The van der Waals surface area contributed by atoms with E-state index in [9.17, 15) is 9.59 Å². The Morgan fingerprint density at radius 3 is 3.05 bits per heavy atom. The number of pyridine rings is 1. The van der Waals surface area contributed by atoms with E-state index in [1.807, 2.05) is 24.3 Å². The summed E-state index contributed by atoms with van der Waals surface area (Å²) < 4.78 is 0. The molecule has 2 aromatic rings. The molecule has 0 N–H and O–H groups in total. The van der Waals surface area contributed by atoms with Gasteiger partial charge in [-0.15, -0.1) is 0 Å². The Labute approximate surface area is 121 Å². The van der Waals surface area contributed by atoms with Crippen LogP contribution in [0.3, 0.4) is 0 Å². The van der Waals surface area contributed by atoms with Crippen molar-refractivity contribution in [3.05, 3.63) is 36.7 Å². The zero-order valence-electron chi connectivity index (χ0n) is 11.1. The summed E-state index contributed by atoms with van der Waals surface area (Å²) in [5, 5.41) is 2.15. The zero-order chi connectivity index (χ0) is 14.1. The second-order valence-electron chi connectivity index (χ2n) is 4.81. The molecule has 1 fully saturated rings. The molecule has 5 heteroatoms. The summed E-state index contributed by atoms with van der Waals surface area (Å²) in [6.07, 6.45) is 3.95. The fourth-order valence-electron chi connectivity index (χ4n) is 2.56. The van der Waals surface area contributed by atoms with Crippen LogP contribution in [0.15, 0.2) is 36.7 Å². The van der Waals surface area contributed by atoms with Crippen LogP contribution in [0.25, 0.3) is 10.8 Å². The van der Waals surface area contributed by atoms with Gasteiger partial charge in [0.05, 0.1) is 5.69 Å². The summed E-state index contributed by atoms with van der Waals surface area (Å²) in [5.41, 5.74) is 0.904. The lowest BCUT2D eigenvalue weighted by Gasteiger charge is -2.18. The lowest BCUT2D eigenvalue weighted by Crippen LogP contribution is -2.25. The lowest BCUT2D eigenvalue weighted by molar-refractivity contribution is -0.117. The Morgan fingerprint density at radius 1 is 1.40 bits per heavy atom. The van der Waals surface area contributed by atoms with E-state index in [0.717, 1.165) is 16.5 Å². The standard InChI is InChI=1S/C15H14N2O2S/c1-10(18)20-12-7-15(19)17(9-12)14-4-2-3-11-8-16-6-5-13(11)14/h2-6,8,12H,7,9H2,1H3. The SMILES string of the molecule is CC(=O)SC1CC(=O)N(c2cccc3cnccc23)C1. The highest BCUT2D eigenvalue weighted by atomic mass is 32.2. The highest BCUT2D eigenvalue weighted by molar-refractivity contribution is 8.14. The number of amides is 1. The van der Waals surface area contributed by atoms with Gasteiger partial charge in [0.15, 0.2) is 5.12 Å². The lowest BCUT2D eigenvalue weighted by atomic mass is 10.1. The van der Waals surface area contributed by atoms with Gasteiger partial charge in [0, 0.05) is 48.3 Å². The number of aromatic nitrogens is 1. The van der Waals surface area contributed by atoms with Crippen molar-refractivity contribution in [2.75, 3.05) is 11.4 Å². The van der Waals surface area contributed by atoms with Crippen LogP contribution in [0, 0.1) is 0 Å². The van der Waals surface area contributed by atoms with Crippen molar-refractivity contribution in [1.29, 1.82) is 0 Å². The molecule has 4 nitrogen and oxygen atoms in total. The molecule has 0 spiro atoms. The third-order valence-electron chi connectivity index (χ3n) is 3.37. The fourth-order valence-corrected chi connectivity index (χ4v) is 3.48. The highest BCUT2D eigenvalue weighted by Gasteiger charge is 2.32. The molecule has 0 radical (unpaired) electrons. The molecule has 2 heterocycles. The maximum Gasteiger partial charge on any atom is 0.228 e. The van der Waals surface area contributed by atoms with Crippen molar-refractivity contribution in [3.8, 4) is 0 Å². The van der Waals surface area contributed by atoms with E-state index in [1.165, 1.54) is 11.8 Å². The second-order valence-corrected chi connectivity index (χ2v) is 6.29. The van der Waals surface area contributed by atoms with Gasteiger partial charge >= 0.3 is 0 Å². The van der Waals surface area contributed by atoms with Gasteiger partial charge in [-0.1, -0.05) is 23.9 Å². The van der Waals surface area contributed by atoms with Gasteiger partial charge in [-0.3, -0.25) is 14.6 Å². The van der Waals surface area contributed by atoms with E-state index >= 15 is 0 Å². The maximum atomic E-state index is 12.2. The van der Waals surface area contributed by atoms with Crippen molar-refractivity contribution in [3.63, 3.8) is 0 Å². The van der Waals surface area contributed by atoms with Gasteiger partial charge < -0.3 is 4.90 Å². The molecule has 1 atom stereocenters. The number of rotatable bonds is 2. The fraction of sp³-hybridized carbons (Fsp3) is 0.267. The number of thioether (sulfide) groups is 1. The van der Waals surface area contributed by atoms with Crippen LogP contribution in [0.4, 0.5) is 5.69 Å². The number of anilines is 1. The van der Waals surface area contributed by atoms with E-state index in [4.69, 9.17) is 0 Å². The number of carbonyl (C=O) groups excluding carboxylic acids is 2. The summed E-state index contributed by atoms with van der Waals surface area (Å²) in [4.78, 5) is 29.3. The minimum absolute atomic E-state index is 0.0529. The first kappa shape index (κ1) is 13.1. The molecule has 3 rings (SSSR count). The Hall–Kier alpha value is -1.88. The topological polar surface area (TPSA) is 50.3 Å². The van der Waals surface area contributed by atoms with E-state index in [1.54, 1.807) is 24.2 Å². The molecule has 1 unspecified atom stereocenters. The molecule has 20 heavy (non-hydrogen) atoms. The van der Waals surface area contributed by atoms with Crippen LogP contribution in [0.1, 0.15) is 13.3 Å². The molecule has 1 aliphatic rings. The van der Waals surface area contributed by atoms with E-state index < -0.39 is 0 Å². The van der Waals surface area contributed by atoms with E-state index in [2.05, 4.69) is 4.98 Å². The molecular weight excluding hydrogens is 272 g/mol. The molecule has 1 amide bonds. The number of nitrogens with zero attached hydrogens (tertiary/aromatic N) is 2. The summed E-state index contributed by atoms with van der Waals surface area (Å²) in [6.45, 7) is 2.13. The summed E-state index contributed by atoms with van der Waals surface area (Å²) in [7, 11) is 0. The number of benzene rings is 1. The minimum Gasteiger partial charge on any atom is -0.311 e. The Balaban J connectivity index is 1.95. The molecule has 1 saturated heterocycles. The predicted octanol–water partition coefficient (Wildman–Crippen LogP) is 2.62. The molecule has 1 aromatic carbocycles. The summed E-state index contributed by atoms with van der Waals surface area (Å²) in [5.74, 6) is 0.0769. The van der Waals surface area contributed by atoms with Crippen LogP contribution < -0.4 is 4.90 Å². The molecule has 0 aliphatic carbocycles. The van der Waals surface area contributed by atoms with Gasteiger partial charge in [-0.2, -0.15) is 0 Å². The van der Waals surface area contributed by atoms with Gasteiger partial charge in [-0.05, 0) is 12.1 Å². The third-order valence-corrected chi connectivity index (χ3v) is 4.35. The van der Waals surface area contributed by atoms with Crippen molar-refractivity contribution < 1.29 is 9.59 Å². The summed E-state index contributed by atoms with van der Waals surface area (Å²) >= 11 is 1.26. The molecule has 0 saturated carbocycles. The van der Waals surface area contributed by atoms with Crippen LogP contribution in [-0.4, -0.2) is 27.8 Å². The molecular formula is C15H14N2O2S. The molecule has 1 aliphatic heterocycles. The quantitative estimate of drug-likeness (QED) is 0.851. The van der Waals surface area contributed by atoms with Gasteiger partial charge in [0.25, 0.3) is 0 Å². The second kappa shape index (κ2) is 5.25. The predicted molar refractivity (Wildman–Crippen MR) is 80.8 cm³/mol. The maximum absolute atomic E-state index is 12.2. The van der Waals surface area contributed by atoms with Gasteiger partial charge in [0.1, 0.15) is 0 Å². The first-order chi connectivity index (χ1) is 9.65. The van der Waals surface area contributed by atoms with Crippen LogP contribution in [-0.2, 0) is 9.59 Å². The Kier molecular flexibility index (Phi) is 3.44. The Bertz CT molecular complexity index is 681. The van der Waals surface area contributed by atoms with Crippen LogP contribution >= 0.6 is 11.8 Å². The first-order valence-electron chi connectivity index (χ1n) is 6.45. The smallest absolute Gasteiger partial charge is 0.228 e. The van der Waals surface area contributed by atoms with E-state index in [0.29, 0.717) is 13.0 Å². The third kappa shape index (κ3) is 2.41. The average molecular weight is 286 g/mol. The molecule has 1 aromatic heterocycles. The van der Waals surface area contributed by atoms with Crippen LogP contribution in [0.5, 0.6) is 0 Å². The first-order valence-corrected chi connectivity index (χ1v) is 7.33. The largest absolute Gasteiger partial charge is 0.311 e. The molecule has 102 valence electrons. The highest BCUT2D eigenvalue weighted by Crippen LogP contribution is 2.32. The molecule has 0 bridgehead atoms.